The quantitative estimate of drug-likeness (QED) is 0.680. The van der Waals surface area contributed by atoms with Gasteiger partial charge in [-0.05, 0) is 57.7 Å². The van der Waals surface area contributed by atoms with E-state index >= 15 is 0 Å². The van der Waals surface area contributed by atoms with Crippen LogP contribution in [0.1, 0.15) is 25.7 Å². The molecule has 4 heteroatoms. The summed E-state index contributed by atoms with van der Waals surface area (Å²) in [4.78, 5) is 11.9. The van der Waals surface area contributed by atoms with Crippen molar-refractivity contribution >= 4 is 23.3 Å². The van der Waals surface area contributed by atoms with Crippen LogP contribution in [0.15, 0.2) is 52.4 Å². The summed E-state index contributed by atoms with van der Waals surface area (Å²) in [7, 11) is 4.29. The van der Waals surface area contributed by atoms with Gasteiger partial charge in [0.2, 0.25) is 0 Å². The van der Waals surface area contributed by atoms with Gasteiger partial charge in [0.15, 0.2) is 0 Å². The van der Waals surface area contributed by atoms with Crippen molar-refractivity contribution in [1.29, 1.82) is 0 Å². The molecule has 3 nitrogen and oxygen atoms in total. The van der Waals surface area contributed by atoms with Crippen LogP contribution in [0.25, 0.3) is 0 Å². The molecule has 0 bridgehead atoms. The summed E-state index contributed by atoms with van der Waals surface area (Å²) in [6, 6.07) is 12.9. The van der Waals surface area contributed by atoms with Crippen molar-refractivity contribution < 1.29 is 0 Å². The van der Waals surface area contributed by atoms with Gasteiger partial charge < -0.3 is 9.80 Å². The lowest BCUT2D eigenvalue weighted by Gasteiger charge is -2.31. The van der Waals surface area contributed by atoms with Crippen molar-refractivity contribution in [3.05, 3.63) is 42.6 Å². The highest BCUT2D eigenvalue weighted by atomic mass is 32.2. The Hall–Kier alpha value is -1.52. The highest BCUT2D eigenvalue weighted by molar-refractivity contribution is 7.99. The molecule has 2 aromatic rings. The SMILES string of the molecule is CN(C)CCCCCCN1c2ccccc2Sc2cccnc21. The molecule has 0 radical (unpaired) electrons. The summed E-state index contributed by atoms with van der Waals surface area (Å²) in [5.74, 6) is 1.12. The number of hydrogen-bond donors (Lipinski definition) is 0. The summed E-state index contributed by atoms with van der Waals surface area (Å²) >= 11 is 1.83. The van der Waals surface area contributed by atoms with Crippen LogP contribution in [0.2, 0.25) is 0 Å². The smallest absolute Gasteiger partial charge is 0.147 e. The molecule has 0 N–H and O–H groups in total. The Balaban J connectivity index is 1.64. The number of rotatable bonds is 7. The van der Waals surface area contributed by atoms with Crippen LogP contribution < -0.4 is 4.90 Å². The van der Waals surface area contributed by atoms with E-state index in [4.69, 9.17) is 0 Å². The fraction of sp³-hybridized carbons (Fsp3) is 0.421. The molecule has 1 aliphatic heterocycles. The van der Waals surface area contributed by atoms with Crippen molar-refractivity contribution in [3.63, 3.8) is 0 Å². The zero-order chi connectivity index (χ0) is 16.1. The number of nitrogens with zero attached hydrogens (tertiary/aromatic N) is 3. The molecular formula is C19H25N3S. The minimum atomic E-state index is 1.05. The number of fused-ring (bicyclic) bond motifs is 2. The Kier molecular flexibility index (Phi) is 5.57. The fourth-order valence-electron chi connectivity index (χ4n) is 2.94. The summed E-state index contributed by atoms with van der Waals surface area (Å²) < 4.78 is 0. The first-order chi connectivity index (χ1) is 11.3. The molecule has 1 aromatic carbocycles. The van der Waals surface area contributed by atoms with E-state index in [1.807, 2.05) is 24.0 Å². The van der Waals surface area contributed by atoms with Crippen LogP contribution in [0.4, 0.5) is 11.5 Å². The first-order valence-electron chi connectivity index (χ1n) is 8.40. The van der Waals surface area contributed by atoms with Gasteiger partial charge in [-0.3, -0.25) is 0 Å². The maximum atomic E-state index is 4.64. The summed E-state index contributed by atoms with van der Waals surface area (Å²) in [5.41, 5.74) is 1.30. The number of para-hydroxylation sites is 1. The number of aromatic nitrogens is 1. The number of benzene rings is 1. The summed E-state index contributed by atoms with van der Waals surface area (Å²) in [6.45, 7) is 2.23. The maximum Gasteiger partial charge on any atom is 0.147 e. The minimum absolute atomic E-state index is 1.05. The number of anilines is 2. The van der Waals surface area contributed by atoms with Gasteiger partial charge >= 0.3 is 0 Å². The second kappa shape index (κ2) is 7.84. The van der Waals surface area contributed by atoms with E-state index in [9.17, 15) is 0 Å². The first-order valence-corrected chi connectivity index (χ1v) is 9.21. The molecule has 1 aliphatic rings. The van der Waals surface area contributed by atoms with E-state index in [1.165, 1.54) is 47.7 Å². The zero-order valence-electron chi connectivity index (χ0n) is 14.0. The Morgan fingerprint density at radius 1 is 0.957 bits per heavy atom. The number of unbranched alkanes of at least 4 members (excludes halogenated alkanes) is 3. The van der Waals surface area contributed by atoms with Crippen LogP contribution in [-0.2, 0) is 0 Å². The van der Waals surface area contributed by atoms with E-state index in [-0.39, 0.29) is 0 Å². The third-order valence-electron chi connectivity index (χ3n) is 4.12. The molecule has 2 heterocycles. The van der Waals surface area contributed by atoms with Gasteiger partial charge in [-0.2, -0.15) is 0 Å². The second-order valence-electron chi connectivity index (χ2n) is 6.26. The van der Waals surface area contributed by atoms with Crippen molar-refractivity contribution in [2.75, 3.05) is 32.1 Å². The predicted octanol–water partition coefficient (Wildman–Crippen LogP) is 4.81. The summed E-state index contributed by atoms with van der Waals surface area (Å²) in [6.07, 6.45) is 6.98. The van der Waals surface area contributed by atoms with E-state index in [1.54, 1.807) is 0 Å². The van der Waals surface area contributed by atoms with Crippen LogP contribution >= 0.6 is 11.8 Å². The molecule has 3 rings (SSSR count). The second-order valence-corrected chi connectivity index (χ2v) is 7.35. The predicted molar refractivity (Wildman–Crippen MR) is 98.8 cm³/mol. The van der Waals surface area contributed by atoms with Crippen LogP contribution in [0, 0.1) is 0 Å². The zero-order valence-corrected chi connectivity index (χ0v) is 14.9. The van der Waals surface area contributed by atoms with E-state index in [0.29, 0.717) is 0 Å². The molecule has 0 aliphatic carbocycles. The fourth-order valence-corrected chi connectivity index (χ4v) is 4.01. The third-order valence-corrected chi connectivity index (χ3v) is 5.22. The number of hydrogen-bond acceptors (Lipinski definition) is 4. The van der Waals surface area contributed by atoms with E-state index in [0.717, 1.165) is 12.4 Å². The average Bonchev–Trinajstić information content (AvgIpc) is 2.56. The molecule has 0 fully saturated rings. The van der Waals surface area contributed by atoms with Crippen molar-refractivity contribution in [2.45, 2.75) is 35.5 Å². The van der Waals surface area contributed by atoms with Crippen molar-refractivity contribution in [1.82, 2.24) is 9.88 Å². The van der Waals surface area contributed by atoms with E-state index < -0.39 is 0 Å². The first kappa shape index (κ1) is 16.3. The average molecular weight is 327 g/mol. The van der Waals surface area contributed by atoms with Crippen LogP contribution in [-0.4, -0.2) is 37.1 Å². The molecule has 0 amide bonds. The van der Waals surface area contributed by atoms with E-state index in [2.05, 4.69) is 59.2 Å². The molecule has 0 unspecified atom stereocenters. The third kappa shape index (κ3) is 4.06. The lowest BCUT2D eigenvalue weighted by atomic mass is 10.1. The van der Waals surface area contributed by atoms with Gasteiger partial charge in [0.25, 0.3) is 0 Å². The number of pyridine rings is 1. The Morgan fingerprint density at radius 2 is 1.74 bits per heavy atom. The highest BCUT2D eigenvalue weighted by Crippen LogP contribution is 2.46. The van der Waals surface area contributed by atoms with Crippen molar-refractivity contribution in [3.8, 4) is 0 Å². The Morgan fingerprint density at radius 3 is 2.61 bits per heavy atom. The van der Waals surface area contributed by atoms with Gasteiger partial charge in [0.05, 0.1) is 10.6 Å². The normalized spacial score (nSPS) is 13.1. The highest BCUT2D eigenvalue weighted by Gasteiger charge is 2.23. The topological polar surface area (TPSA) is 19.4 Å². The molecule has 0 spiro atoms. The molecule has 0 saturated heterocycles. The van der Waals surface area contributed by atoms with Gasteiger partial charge in [-0.25, -0.2) is 4.98 Å². The van der Waals surface area contributed by atoms with Crippen LogP contribution in [0.3, 0.4) is 0 Å². The van der Waals surface area contributed by atoms with Crippen molar-refractivity contribution in [2.24, 2.45) is 0 Å². The molecular weight excluding hydrogens is 302 g/mol. The molecule has 23 heavy (non-hydrogen) atoms. The largest absolute Gasteiger partial charge is 0.324 e. The van der Waals surface area contributed by atoms with Gasteiger partial charge in [-0.1, -0.05) is 36.7 Å². The monoisotopic (exact) mass is 327 g/mol. The van der Waals surface area contributed by atoms with Gasteiger partial charge in [-0.15, -0.1) is 0 Å². The molecule has 122 valence electrons. The maximum absolute atomic E-state index is 4.64. The lowest BCUT2D eigenvalue weighted by Crippen LogP contribution is -2.23. The van der Waals surface area contributed by atoms with Crippen LogP contribution in [0.5, 0.6) is 0 Å². The lowest BCUT2D eigenvalue weighted by molar-refractivity contribution is 0.390. The van der Waals surface area contributed by atoms with Gasteiger partial charge in [0.1, 0.15) is 5.82 Å². The molecule has 0 atom stereocenters. The molecule has 0 saturated carbocycles. The Labute approximate surface area is 143 Å². The standard InChI is InChI=1S/C19H25N3S/c1-21(2)14-7-3-4-8-15-22-16-10-5-6-11-17(16)23-18-12-9-13-20-19(18)22/h5-6,9-13H,3-4,7-8,14-15H2,1-2H3. The van der Waals surface area contributed by atoms with Gasteiger partial charge in [0, 0.05) is 17.6 Å². The summed E-state index contributed by atoms with van der Waals surface area (Å²) in [5, 5.41) is 0. The minimum Gasteiger partial charge on any atom is -0.324 e. The Bertz CT molecular complexity index is 597. The molecule has 1 aromatic heterocycles.